The van der Waals surface area contributed by atoms with Crippen molar-refractivity contribution in [3.8, 4) is 5.69 Å². The minimum absolute atomic E-state index is 0.420. The number of hydrogen-bond acceptors (Lipinski definition) is 5. The van der Waals surface area contributed by atoms with Gasteiger partial charge in [0, 0.05) is 16.8 Å². The van der Waals surface area contributed by atoms with Gasteiger partial charge in [0.15, 0.2) is 5.65 Å². The molecular formula is C22H21ClN6. The highest BCUT2D eigenvalue weighted by atomic mass is 35.5. The minimum atomic E-state index is 0.420. The van der Waals surface area contributed by atoms with Gasteiger partial charge in [-0.15, -0.1) is 0 Å². The summed E-state index contributed by atoms with van der Waals surface area (Å²) in [6.45, 7) is 0. The number of nitrogens with zero attached hydrogens (tertiary/aromatic N) is 4. The highest BCUT2D eigenvalue weighted by Gasteiger charge is 2.19. The maximum absolute atomic E-state index is 6.02. The van der Waals surface area contributed by atoms with Gasteiger partial charge in [-0.25, -0.2) is 4.68 Å². The summed E-state index contributed by atoms with van der Waals surface area (Å²) in [6.07, 6.45) is 6.61. The summed E-state index contributed by atoms with van der Waals surface area (Å²) in [5.74, 6) is 1.35. The second-order valence-corrected chi connectivity index (χ2v) is 7.72. The molecule has 1 aliphatic rings. The Hall–Kier alpha value is -3.12. The number of fused-ring (bicyclic) bond motifs is 1. The first-order chi connectivity index (χ1) is 14.3. The molecule has 5 rings (SSSR count). The predicted molar refractivity (Wildman–Crippen MR) is 117 cm³/mol. The molecule has 0 bridgehead atoms. The molecule has 4 aromatic rings. The van der Waals surface area contributed by atoms with Crippen LogP contribution in [0.4, 0.5) is 17.5 Å². The van der Waals surface area contributed by atoms with E-state index in [1.54, 1.807) is 6.20 Å². The fourth-order valence-corrected chi connectivity index (χ4v) is 3.87. The second-order valence-electron chi connectivity index (χ2n) is 7.28. The summed E-state index contributed by atoms with van der Waals surface area (Å²) in [5.41, 5.74) is 2.64. The topological polar surface area (TPSA) is 67.7 Å². The van der Waals surface area contributed by atoms with E-state index < -0.39 is 0 Å². The van der Waals surface area contributed by atoms with Gasteiger partial charge in [-0.1, -0.05) is 42.6 Å². The molecule has 0 spiro atoms. The zero-order chi connectivity index (χ0) is 19.6. The number of para-hydroxylation sites is 1. The molecule has 1 saturated carbocycles. The molecular weight excluding hydrogens is 384 g/mol. The van der Waals surface area contributed by atoms with Gasteiger partial charge in [-0.3, -0.25) is 0 Å². The third-order valence-corrected chi connectivity index (χ3v) is 5.48. The van der Waals surface area contributed by atoms with Gasteiger partial charge in [0.1, 0.15) is 5.82 Å². The minimum Gasteiger partial charge on any atom is -0.351 e. The van der Waals surface area contributed by atoms with Crippen LogP contribution in [0, 0.1) is 0 Å². The molecule has 146 valence electrons. The lowest BCUT2D eigenvalue weighted by Gasteiger charge is -2.14. The van der Waals surface area contributed by atoms with Gasteiger partial charge in [-0.2, -0.15) is 15.1 Å². The van der Waals surface area contributed by atoms with Crippen LogP contribution in [0.2, 0.25) is 5.02 Å². The molecule has 29 heavy (non-hydrogen) atoms. The summed E-state index contributed by atoms with van der Waals surface area (Å²) in [7, 11) is 0. The first-order valence-corrected chi connectivity index (χ1v) is 10.2. The molecule has 0 saturated heterocycles. The molecule has 2 aromatic carbocycles. The van der Waals surface area contributed by atoms with E-state index in [0.717, 1.165) is 41.1 Å². The Morgan fingerprint density at radius 3 is 2.45 bits per heavy atom. The van der Waals surface area contributed by atoms with Crippen LogP contribution in [0.5, 0.6) is 0 Å². The van der Waals surface area contributed by atoms with E-state index in [9.17, 15) is 0 Å². The molecule has 1 fully saturated rings. The fraction of sp³-hybridized carbons (Fsp3) is 0.227. The number of benzene rings is 2. The van der Waals surface area contributed by atoms with Gasteiger partial charge in [0.25, 0.3) is 0 Å². The van der Waals surface area contributed by atoms with Gasteiger partial charge >= 0.3 is 0 Å². The van der Waals surface area contributed by atoms with E-state index in [2.05, 4.69) is 15.7 Å². The highest BCUT2D eigenvalue weighted by molar-refractivity contribution is 6.30. The van der Waals surface area contributed by atoms with E-state index >= 15 is 0 Å². The van der Waals surface area contributed by atoms with Crippen LogP contribution < -0.4 is 10.6 Å². The molecule has 0 aliphatic heterocycles. The lowest BCUT2D eigenvalue weighted by molar-refractivity contribution is 0.744. The summed E-state index contributed by atoms with van der Waals surface area (Å²) < 4.78 is 1.85. The van der Waals surface area contributed by atoms with Crippen LogP contribution in [0.15, 0.2) is 60.8 Å². The quantitative estimate of drug-likeness (QED) is 0.455. The van der Waals surface area contributed by atoms with Crippen LogP contribution in [0.3, 0.4) is 0 Å². The normalized spacial score (nSPS) is 14.4. The van der Waals surface area contributed by atoms with Crippen LogP contribution in [0.25, 0.3) is 16.7 Å². The van der Waals surface area contributed by atoms with Crippen molar-refractivity contribution in [3.05, 3.63) is 65.8 Å². The molecule has 1 aliphatic carbocycles. The van der Waals surface area contributed by atoms with Crippen LogP contribution in [-0.2, 0) is 0 Å². The number of aromatic nitrogens is 4. The number of hydrogen-bond donors (Lipinski definition) is 2. The van der Waals surface area contributed by atoms with Gasteiger partial charge in [-0.05, 0) is 49.2 Å². The lowest BCUT2D eigenvalue weighted by Crippen LogP contribution is -2.17. The molecule has 0 atom stereocenters. The van der Waals surface area contributed by atoms with E-state index in [1.165, 1.54) is 12.8 Å². The van der Waals surface area contributed by atoms with Crippen LogP contribution in [0.1, 0.15) is 25.7 Å². The smallest absolute Gasteiger partial charge is 0.226 e. The predicted octanol–water partition coefficient (Wildman–Crippen LogP) is 5.57. The Bertz CT molecular complexity index is 1120. The van der Waals surface area contributed by atoms with Crippen molar-refractivity contribution in [1.82, 2.24) is 19.7 Å². The number of rotatable bonds is 5. The molecule has 6 nitrogen and oxygen atoms in total. The Kier molecular flexibility index (Phi) is 4.77. The first kappa shape index (κ1) is 17.9. The third-order valence-electron chi connectivity index (χ3n) is 5.22. The standard InChI is InChI=1S/C22H21ClN6/c23-15-10-12-17(13-11-15)25-20-19-14-24-29(18-8-2-1-3-9-18)21(19)28-22(27-20)26-16-6-4-5-7-16/h1-3,8-14,16H,4-7H2,(H2,25,26,27,28). The molecule has 2 aromatic heterocycles. The Morgan fingerprint density at radius 1 is 0.931 bits per heavy atom. The first-order valence-electron chi connectivity index (χ1n) is 9.86. The van der Waals surface area contributed by atoms with E-state index in [4.69, 9.17) is 21.6 Å². The van der Waals surface area contributed by atoms with E-state index in [1.807, 2.05) is 59.3 Å². The van der Waals surface area contributed by atoms with Gasteiger partial charge < -0.3 is 10.6 Å². The zero-order valence-electron chi connectivity index (χ0n) is 15.8. The Labute approximate surface area is 173 Å². The summed E-state index contributed by atoms with van der Waals surface area (Å²) in [5, 5.41) is 13.1. The largest absolute Gasteiger partial charge is 0.351 e. The molecule has 0 amide bonds. The van der Waals surface area contributed by atoms with E-state index in [-0.39, 0.29) is 0 Å². The molecule has 2 heterocycles. The summed E-state index contributed by atoms with van der Waals surface area (Å²) >= 11 is 6.02. The third kappa shape index (κ3) is 3.76. The number of anilines is 3. The average Bonchev–Trinajstić information content (AvgIpc) is 3.40. The lowest BCUT2D eigenvalue weighted by atomic mass is 10.2. The fourth-order valence-electron chi connectivity index (χ4n) is 3.75. The van der Waals surface area contributed by atoms with Crippen LogP contribution in [-0.4, -0.2) is 25.8 Å². The second kappa shape index (κ2) is 7.72. The van der Waals surface area contributed by atoms with Crippen molar-refractivity contribution in [2.45, 2.75) is 31.7 Å². The Morgan fingerprint density at radius 2 is 1.69 bits per heavy atom. The zero-order valence-corrected chi connectivity index (χ0v) is 16.6. The number of nitrogens with one attached hydrogen (secondary N) is 2. The van der Waals surface area contributed by atoms with Crippen molar-refractivity contribution in [2.75, 3.05) is 10.6 Å². The van der Waals surface area contributed by atoms with Crippen molar-refractivity contribution >= 4 is 40.1 Å². The van der Waals surface area contributed by atoms with Crippen molar-refractivity contribution in [1.29, 1.82) is 0 Å². The maximum Gasteiger partial charge on any atom is 0.226 e. The van der Waals surface area contributed by atoms with Crippen molar-refractivity contribution < 1.29 is 0 Å². The highest BCUT2D eigenvalue weighted by Crippen LogP contribution is 2.29. The monoisotopic (exact) mass is 404 g/mol. The summed E-state index contributed by atoms with van der Waals surface area (Å²) in [6, 6.07) is 18.0. The molecule has 7 heteroatoms. The summed E-state index contributed by atoms with van der Waals surface area (Å²) in [4.78, 5) is 9.58. The van der Waals surface area contributed by atoms with Crippen LogP contribution >= 0.6 is 11.6 Å². The van der Waals surface area contributed by atoms with Crippen molar-refractivity contribution in [3.63, 3.8) is 0 Å². The number of halogens is 1. The maximum atomic E-state index is 6.02. The molecule has 2 N–H and O–H groups in total. The van der Waals surface area contributed by atoms with Gasteiger partial charge in [0.2, 0.25) is 5.95 Å². The van der Waals surface area contributed by atoms with Gasteiger partial charge in [0.05, 0.1) is 17.3 Å². The molecule has 0 unspecified atom stereocenters. The SMILES string of the molecule is Clc1ccc(Nc2nc(NC3CCCC3)nc3c2cnn3-c2ccccc2)cc1. The Balaban J connectivity index is 1.59. The van der Waals surface area contributed by atoms with Crippen molar-refractivity contribution in [2.24, 2.45) is 0 Å². The van der Waals surface area contributed by atoms with E-state index in [0.29, 0.717) is 17.0 Å². The molecule has 0 radical (unpaired) electrons. The average molecular weight is 405 g/mol.